The van der Waals surface area contributed by atoms with Gasteiger partial charge in [0.1, 0.15) is 0 Å². The highest BCUT2D eigenvalue weighted by molar-refractivity contribution is 4.63. The molecule has 0 aliphatic rings. The summed E-state index contributed by atoms with van der Waals surface area (Å²) in [5, 5.41) is 8.63. The molecule has 0 bridgehead atoms. The molecule has 0 aromatic rings. The summed E-state index contributed by atoms with van der Waals surface area (Å²) in [5.74, 6) is 0. The van der Waals surface area contributed by atoms with E-state index >= 15 is 0 Å². The van der Waals surface area contributed by atoms with Crippen LogP contribution in [0.1, 0.15) is 96.8 Å². The molecule has 0 rings (SSSR count). The van der Waals surface area contributed by atoms with Gasteiger partial charge in [-0.3, -0.25) is 0 Å². The minimum absolute atomic E-state index is 0.318. The SMILES string of the molecule is CCCCCCCCCCCCCC[CH]CCO. The minimum Gasteiger partial charge on any atom is -0.396 e. The van der Waals surface area contributed by atoms with E-state index in [0.717, 1.165) is 6.42 Å². The molecule has 0 unspecified atom stereocenters. The van der Waals surface area contributed by atoms with E-state index in [2.05, 4.69) is 13.3 Å². The molecule has 1 heteroatoms. The first-order valence-corrected chi connectivity index (χ1v) is 8.34. The van der Waals surface area contributed by atoms with Crippen LogP contribution in [-0.2, 0) is 0 Å². The molecule has 0 amide bonds. The fraction of sp³-hybridized carbons (Fsp3) is 0.941. The zero-order valence-electron chi connectivity index (χ0n) is 12.6. The van der Waals surface area contributed by atoms with Crippen molar-refractivity contribution in [3.8, 4) is 0 Å². The number of aliphatic hydroxyl groups is 1. The van der Waals surface area contributed by atoms with Gasteiger partial charge in [-0.15, -0.1) is 0 Å². The van der Waals surface area contributed by atoms with Crippen LogP contribution in [0, 0.1) is 6.42 Å². The Labute approximate surface area is 115 Å². The number of rotatable bonds is 15. The second-order valence-corrected chi connectivity index (χ2v) is 5.48. The Balaban J connectivity index is 2.86. The van der Waals surface area contributed by atoms with Crippen molar-refractivity contribution in [1.82, 2.24) is 0 Å². The van der Waals surface area contributed by atoms with E-state index in [1.165, 1.54) is 83.5 Å². The van der Waals surface area contributed by atoms with E-state index in [-0.39, 0.29) is 0 Å². The zero-order valence-corrected chi connectivity index (χ0v) is 12.6. The van der Waals surface area contributed by atoms with Crippen molar-refractivity contribution in [3.63, 3.8) is 0 Å². The number of hydrogen-bond donors (Lipinski definition) is 1. The first kappa shape index (κ1) is 18.0. The van der Waals surface area contributed by atoms with Crippen molar-refractivity contribution in [3.05, 3.63) is 6.42 Å². The van der Waals surface area contributed by atoms with Crippen molar-refractivity contribution in [2.45, 2.75) is 96.8 Å². The van der Waals surface area contributed by atoms with Crippen LogP contribution >= 0.6 is 0 Å². The van der Waals surface area contributed by atoms with Crippen LogP contribution in [0.2, 0.25) is 0 Å². The summed E-state index contributed by atoms with van der Waals surface area (Å²) in [7, 11) is 0. The van der Waals surface area contributed by atoms with Crippen LogP contribution in [0.5, 0.6) is 0 Å². The Morgan fingerprint density at radius 3 is 1.50 bits per heavy atom. The van der Waals surface area contributed by atoms with Crippen LogP contribution in [0.3, 0.4) is 0 Å². The van der Waals surface area contributed by atoms with E-state index in [0.29, 0.717) is 6.61 Å². The quantitative estimate of drug-likeness (QED) is 0.374. The van der Waals surface area contributed by atoms with E-state index in [9.17, 15) is 0 Å². The number of unbranched alkanes of at least 4 members (excludes halogenated alkanes) is 14. The molecule has 0 saturated heterocycles. The first-order valence-electron chi connectivity index (χ1n) is 8.34. The summed E-state index contributed by atoms with van der Waals surface area (Å²) < 4.78 is 0. The fourth-order valence-corrected chi connectivity index (χ4v) is 2.37. The van der Waals surface area contributed by atoms with Gasteiger partial charge in [-0.1, -0.05) is 90.4 Å². The average Bonchev–Trinajstić information content (AvgIpc) is 2.39. The van der Waals surface area contributed by atoms with Crippen molar-refractivity contribution in [2.24, 2.45) is 0 Å². The highest BCUT2D eigenvalue weighted by Crippen LogP contribution is 2.12. The van der Waals surface area contributed by atoms with Gasteiger partial charge in [0.15, 0.2) is 0 Å². The molecule has 1 nitrogen and oxygen atoms in total. The molecule has 0 aromatic carbocycles. The van der Waals surface area contributed by atoms with Crippen LogP contribution in [0.15, 0.2) is 0 Å². The van der Waals surface area contributed by atoms with Gasteiger partial charge in [-0.25, -0.2) is 0 Å². The lowest BCUT2D eigenvalue weighted by Crippen LogP contribution is -1.85. The molecule has 0 fully saturated rings. The van der Waals surface area contributed by atoms with Crippen LogP contribution < -0.4 is 0 Å². The standard InChI is InChI=1S/C17H35O/c1-2-3-4-5-6-7-8-9-10-11-12-13-14-15-16-17-18/h15,18H,2-14,16-17H2,1H3. The van der Waals surface area contributed by atoms with Crippen molar-refractivity contribution >= 4 is 0 Å². The fourth-order valence-electron chi connectivity index (χ4n) is 2.37. The average molecular weight is 255 g/mol. The normalized spacial score (nSPS) is 11.0. The summed E-state index contributed by atoms with van der Waals surface area (Å²) in [6.45, 7) is 2.60. The van der Waals surface area contributed by atoms with Gasteiger partial charge >= 0.3 is 0 Å². The van der Waals surface area contributed by atoms with Crippen molar-refractivity contribution < 1.29 is 5.11 Å². The van der Waals surface area contributed by atoms with E-state index < -0.39 is 0 Å². The number of hydrogen-bond acceptors (Lipinski definition) is 1. The van der Waals surface area contributed by atoms with Crippen molar-refractivity contribution in [1.29, 1.82) is 0 Å². The Hall–Kier alpha value is -0.0400. The Morgan fingerprint density at radius 2 is 1.06 bits per heavy atom. The highest BCUT2D eigenvalue weighted by Gasteiger charge is 1.93. The van der Waals surface area contributed by atoms with Gasteiger partial charge in [0, 0.05) is 6.61 Å². The second-order valence-electron chi connectivity index (χ2n) is 5.48. The monoisotopic (exact) mass is 255 g/mol. The molecular weight excluding hydrogens is 220 g/mol. The summed E-state index contributed by atoms with van der Waals surface area (Å²) >= 11 is 0. The third kappa shape index (κ3) is 16.0. The molecule has 0 atom stereocenters. The maximum atomic E-state index is 8.63. The molecule has 18 heavy (non-hydrogen) atoms. The predicted molar refractivity (Wildman–Crippen MR) is 81.7 cm³/mol. The lowest BCUT2D eigenvalue weighted by molar-refractivity contribution is 0.296. The van der Waals surface area contributed by atoms with Gasteiger partial charge < -0.3 is 5.11 Å². The van der Waals surface area contributed by atoms with Gasteiger partial charge in [0.2, 0.25) is 0 Å². The summed E-state index contributed by atoms with van der Waals surface area (Å²) in [6.07, 6.45) is 21.3. The molecule has 0 heterocycles. The Kier molecular flexibility index (Phi) is 16.9. The molecule has 1 N–H and O–H groups in total. The molecule has 0 spiro atoms. The van der Waals surface area contributed by atoms with Gasteiger partial charge in [-0.2, -0.15) is 0 Å². The smallest absolute Gasteiger partial charge is 0.0433 e. The largest absolute Gasteiger partial charge is 0.396 e. The number of aliphatic hydroxyl groups excluding tert-OH is 1. The Bertz CT molecular complexity index is 118. The third-order valence-corrected chi connectivity index (χ3v) is 3.60. The van der Waals surface area contributed by atoms with Crippen molar-refractivity contribution in [2.75, 3.05) is 6.61 Å². The molecule has 0 aliphatic carbocycles. The van der Waals surface area contributed by atoms with E-state index in [1.54, 1.807) is 0 Å². The maximum Gasteiger partial charge on any atom is 0.0433 e. The lowest BCUT2D eigenvalue weighted by Gasteiger charge is -2.02. The molecule has 0 aliphatic heterocycles. The van der Waals surface area contributed by atoms with E-state index in [4.69, 9.17) is 5.11 Å². The summed E-state index contributed by atoms with van der Waals surface area (Å²) in [4.78, 5) is 0. The Morgan fingerprint density at radius 1 is 0.611 bits per heavy atom. The van der Waals surface area contributed by atoms with Gasteiger partial charge in [0.05, 0.1) is 0 Å². The topological polar surface area (TPSA) is 20.2 Å². The molecular formula is C17H35O. The molecule has 109 valence electrons. The van der Waals surface area contributed by atoms with Crippen LogP contribution in [-0.4, -0.2) is 11.7 Å². The molecule has 0 aromatic heterocycles. The minimum atomic E-state index is 0.318. The first-order chi connectivity index (χ1) is 8.91. The summed E-state index contributed by atoms with van der Waals surface area (Å²) in [6, 6.07) is 0. The predicted octanol–water partition coefficient (Wildman–Crippen LogP) is 5.66. The van der Waals surface area contributed by atoms with Gasteiger partial charge in [-0.05, 0) is 12.8 Å². The second kappa shape index (κ2) is 17.0. The lowest BCUT2D eigenvalue weighted by atomic mass is 10.0. The van der Waals surface area contributed by atoms with Gasteiger partial charge in [0.25, 0.3) is 0 Å². The summed E-state index contributed by atoms with van der Waals surface area (Å²) in [5.41, 5.74) is 0. The third-order valence-electron chi connectivity index (χ3n) is 3.60. The molecule has 0 saturated carbocycles. The van der Waals surface area contributed by atoms with Crippen LogP contribution in [0.25, 0.3) is 0 Å². The highest BCUT2D eigenvalue weighted by atomic mass is 16.2. The maximum absolute atomic E-state index is 8.63. The zero-order chi connectivity index (χ0) is 13.3. The van der Waals surface area contributed by atoms with E-state index in [1.807, 2.05) is 0 Å². The van der Waals surface area contributed by atoms with Crippen LogP contribution in [0.4, 0.5) is 0 Å². The molecule has 1 radical (unpaired) electrons.